The highest BCUT2D eigenvalue weighted by Crippen LogP contribution is 2.18. The molecule has 0 saturated heterocycles. The number of amides is 1. The van der Waals surface area contributed by atoms with E-state index in [1.54, 1.807) is 12.1 Å². The van der Waals surface area contributed by atoms with Crippen molar-refractivity contribution in [1.29, 1.82) is 0 Å². The third-order valence-corrected chi connectivity index (χ3v) is 3.63. The fourth-order valence-electron chi connectivity index (χ4n) is 2.11. The summed E-state index contributed by atoms with van der Waals surface area (Å²) in [5, 5.41) is 3.26. The highest BCUT2D eigenvalue weighted by atomic mass is 32.1. The molecule has 0 saturated carbocycles. The largest absolute Gasteiger partial charge is 0.494 e. The summed E-state index contributed by atoms with van der Waals surface area (Å²) < 4.78 is 11.1. The molecule has 0 aliphatic rings. The second-order valence-corrected chi connectivity index (χ2v) is 5.74. The van der Waals surface area contributed by atoms with Crippen molar-refractivity contribution in [2.75, 3.05) is 13.2 Å². The van der Waals surface area contributed by atoms with E-state index in [1.807, 2.05) is 50.2 Å². The van der Waals surface area contributed by atoms with E-state index in [2.05, 4.69) is 16.2 Å². The van der Waals surface area contributed by atoms with Crippen LogP contribution < -0.4 is 25.6 Å². The third-order valence-electron chi connectivity index (χ3n) is 3.38. The van der Waals surface area contributed by atoms with E-state index < -0.39 is 0 Å². The molecule has 0 spiro atoms. The Hall–Kier alpha value is -2.80. The lowest BCUT2D eigenvalue weighted by Crippen LogP contribution is -2.46. The number of hydrogen-bond acceptors (Lipinski definition) is 4. The molecular formula is C19H23N3O3S. The number of benzene rings is 2. The topological polar surface area (TPSA) is 71.6 Å². The number of nitrogens with one attached hydrogen (secondary N) is 3. The fraction of sp³-hybridized carbons (Fsp3) is 0.263. The average molecular weight is 373 g/mol. The maximum absolute atomic E-state index is 12.0. The van der Waals surface area contributed by atoms with Crippen LogP contribution in [0, 0.1) is 0 Å². The summed E-state index contributed by atoms with van der Waals surface area (Å²) >= 11 is 4.98. The molecule has 26 heavy (non-hydrogen) atoms. The Labute approximate surface area is 158 Å². The molecule has 0 unspecified atom stereocenters. The van der Waals surface area contributed by atoms with Crippen molar-refractivity contribution in [2.24, 2.45) is 0 Å². The van der Waals surface area contributed by atoms with E-state index in [-0.39, 0.29) is 5.91 Å². The van der Waals surface area contributed by atoms with Crippen LogP contribution in [-0.4, -0.2) is 24.2 Å². The van der Waals surface area contributed by atoms with Gasteiger partial charge in [0.15, 0.2) is 5.11 Å². The van der Waals surface area contributed by atoms with Gasteiger partial charge in [-0.15, -0.1) is 0 Å². The molecule has 2 aromatic rings. The third kappa shape index (κ3) is 6.25. The van der Waals surface area contributed by atoms with E-state index in [9.17, 15) is 4.79 Å². The number of thiocarbonyl (C=S) groups is 1. The molecule has 7 heteroatoms. The van der Waals surface area contributed by atoms with Crippen molar-refractivity contribution >= 4 is 23.2 Å². The predicted molar refractivity (Wildman–Crippen MR) is 105 cm³/mol. The van der Waals surface area contributed by atoms with Crippen LogP contribution in [0.2, 0.25) is 0 Å². The zero-order valence-electron chi connectivity index (χ0n) is 14.9. The van der Waals surface area contributed by atoms with Crippen molar-refractivity contribution in [3.8, 4) is 11.5 Å². The summed E-state index contributed by atoms with van der Waals surface area (Å²) in [6, 6.07) is 14.7. The summed E-state index contributed by atoms with van der Waals surface area (Å²) in [4.78, 5) is 12.0. The molecule has 6 nitrogen and oxygen atoms in total. The van der Waals surface area contributed by atoms with Gasteiger partial charge >= 0.3 is 0 Å². The maximum Gasteiger partial charge on any atom is 0.269 e. The zero-order valence-corrected chi connectivity index (χ0v) is 15.7. The molecular weight excluding hydrogens is 350 g/mol. The van der Waals surface area contributed by atoms with Gasteiger partial charge in [-0.05, 0) is 68.0 Å². The van der Waals surface area contributed by atoms with Crippen LogP contribution in [0.3, 0.4) is 0 Å². The smallest absolute Gasteiger partial charge is 0.269 e. The maximum atomic E-state index is 12.0. The Morgan fingerprint density at radius 1 is 0.923 bits per heavy atom. The second-order valence-electron chi connectivity index (χ2n) is 5.33. The van der Waals surface area contributed by atoms with Crippen molar-refractivity contribution in [3.63, 3.8) is 0 Å². The minimum atomic E-state index is -0.260. The fourth-order valence-corrected chi connectivity index (χ4v) is 2.30. The molecule has 0 aromatic heterocycles. The van der Waals surface area contributed by atoms with Crippen molar-refractivity contribution in [3.05, 3.63) is 59.7 Å². The first kappa shape index (κ1) is 19.5. The summed E-state index contributed by atoms with van der Waals surface area (Å²) in [5.74, 6) is 1.32. The summed E-state index contributed by atoms with van der Waals surface area (Å²) in [6.45, 7) is 5.60. The molecule has 3 N–H and O–H groups in total. The van der Waals surface area contributed by atoms with Crippen LogP contribution in [0.1, 0.15) is 29.8 Å². The standard InChI is InChI=1S/C19H23N3O3S/c1-3-20-19(26)22-21-18(23)15-7-5-14(6-8-15)13-25-17-11-9-16(10-12-17)24-4-2/h5-12H,3-4,13H2,1-2H3,(H,21,23)(H2,20,22,26). The van der Waals surface area contributed by atoms with Gasteiger partial charge in [0.05, 0.1) is 6.61 Å². The van der Waals surface area contributed by atoms with Gasteiger partial charge in [-0.3, -0.25) is 15.6 Å². The van der Waals surface area contributed by atoms with Gasteiger partial charge in [0.25, 0.3) is 5.91 Å². The van der Waals surface area contributed by atoms with E-state index in [1.165, 1.54) is 0 Å². The van der Waals surface area contributed by atoms with Gasteiger partial charge in [0, 0.05) is 12.1 Å². The molecule has 0 atom stereocenters. The lowest BCUT2D eigenvalue weighted by atomic mass is 10.1. The van der Waals surface area contributed by atoms with Crippen LogP contribution in [0.4, 0.5) is 0 Å². The van der Waals surface area contributed by atoms with Gasteiger partial charge in [0.2, 0.25) is 0 Å². The molecule has 2 aromatic carbocycles. The van der Waals surface area contributed by atoms with E-state index in [0.717, 1.165) is 17.1 Å². The van der Waals surface area contributed by atoms with Crippen LogP contribution in [-0.2, 0) is 6.61 Å². The first-order valence-corrected chi connectivity index (χ1v) is 8.82. The summed E-state index contributed by atoms with van der Waals surface area (Å²) in [7, 11) is 0. The van der Waals surface area contributed by atoms with Gasteiger partial charge < -0.3 is 14.8 Å². The summed E-state index contributed by atoms with van der Waals surface area (Å²) in [5.41, 5.74) is 6.68. The number of carbonyl (C=O) groups is 1. The molecule has 0 aliphatic carbocycles. The van der Waals surface area contributed by atoms with E-state index >= 15 is 0 Å². The van der Waals surface area contributed by atoms with Crippen LogP contribution in [0.15, 0.2) is 48.5 Å². The lowest BCUT2D eigenvalue weighted by molar-refractivity contribution is 0.0943. The molecule has 0 aliphatic heterocycles. The molecule has 2 rings (SSSR count). The monoisotopic (exact) mass is 373 g/mol. The zero-order chi connectivity index (χ0) is 18.8. The van der Waals surface area contributed by atoms with Crippen molar-refractivity contribution in [1.82, 2.24) is 16.2 Å². The number of carbonyl (C=O) groups excluding carboxylic acids is 1. The first-order chi connectivity index (χ1) is 12.6. The Kier molecular flexibility index (Phi) is 7.70. The molecule has 0 radical (unpaired) electrons. The van der Waals surface area contributed by atoms with Crippen LogP contribution in [0.25, 0.3) is 0 Å². The van der Waals surface area contributed by atoms with E-state index in [4.69, 9.17) is 21.7 Å². The van der Waals surface area contributed by atoms with Gasteiger partial charge in [0.1, 0.15) is 18.1 Å². The molecule has 0 heterocycles. The predicted octanol–water partition coefficient (Wildman–Crippen LogP) is 2.79. The molecule has 138 valence electrons. The summed E-state index contributed by atoms with van der Waals surface area (Å²) in [6.07, 6.45) is 0. The Morgan fingerprint density at radius 2 is 1.54 bits per heavy atom. The average Bonchev–Trinajstić information content (AvgIpc) is 2.66. The number of ether oxygens (including phenoxy) is 2. The quantitative estimate of drug-likeness (QED) is 0.512. The number of hydrazine groups is 1. The number of hydrogen-bond donors (Lipinski definition) is 3. The minimum absolute atomic E-state index is 0.260. The highest BCUT2D eigenvalue weighted by molar-refractivity contribution is 7.80. The highest BCUT2D eigenvalue weighted by Gasteiger charge is 2.06. The Bertz CT molecular complexity index is 718. The SMILES string of the molecule is CCNC(=S)NNC(=O)c1ccc(COc2ccc(OCC)cc2)cc1. The van der Waals surface area contributed by atoms with Gasteiger partial charge in [-0.1, -0.05) is 12.1 Å². The van der Waals surface area contributed by atoms with Gasteiger partial charge in [-0.2, -0.15) is 0 Å². The normalized spacial score (nSPS) is 9.92. The second kappa shape index (κ2) is 10.2. The van der Waals surface area contributed by atoms with Crippen molar-refractivity contribution in [2.45, 2.75) is 20.5 Å². The Morgan fingerprint density at radius 3 is 2.12 bits per heavy atom. The molecule has 1 amide bonds. The minimum Gasteiger partial charge on any atom is -0.494 e. The number of rotatable bonds is 7. The molecule has 0 fully saturated rings. The molecule has 0 bridgehead atoms. The van der Waals surface area contributed by atoms with Crippen molar-refractivity contribution < 1.29 is 14.3 Å². The lowest BCUT2D eigenvalue weighted by Gasteiger charge is -2.11. The van der Waals surface area contributed by atoms with Gasteiger partial charge in [-0.25, -0.2) is 0 Å². The van der Waals surface area contributed by atoms with Crippen LogP contribution >= 0.6 is 12.2 Å². The Balaban J connectivity index is 1.83. The first-order valence-electron chi connectivity index (χ1n) is 8.41. The van der Waals surface area contributed by atoms with Crippen LogP contribution in [0.5, 0.6) is 11.5 Å². The van der Waals surface area contributed by atoms with E-state index in [0.29, 0.717) is 30.4 Å².